The summed E-state index contributed by atoms with van der Waals surface area (Å²) in [4.78, 5) is 0. The molecule has 0 amide bonds. The van der Waals surface area contributed by atoms with E-state index in [-0.39, 0.29) is 6.10 Å². The first-order valence-electron chi connectivity index (χ1n) is 6.33. The number of aryl methyl sites for hydroxylation is 1. The van der Waals surface area contributed by atoms with Crippen LogP contribution in [0, 0.1) is 18.8 Å². The number of rotatable bonds is 2. The molecule has 1 saturated heterocycles. The third-order valence-electron chi connectivity index (χ3n) is 2.99. The van der Waals surface area contributed by atoms with Crippen LogP contribution in [0.25, 0.3) is 0 Å². The summed E-state index contributed by atoms with van der Waals surface area (Å²) < 4.78 is 11.3. The standard InChI is InChI=1S/C15H19NO2/c1-12-11-15(5-4-13(12)3-2-8-16)18-14-6-9-17-10-7-14/h4-5,11,14H,6-10,16H2,1H3. The predicted octanol–water partition coefficient (Wildman–Crippen LogP) is 1.86. The fraction of sp³-hybridized carbons (Fsp3) is 0.467. The molecule has 1 aliphatic heterocycles. The maximum atomic E-state index is 5.94. The molecule has 0 saturated carbocycles. The first-order chi connectivity index (χ1) is 8.79. The summed E-state index contributed by atoms with van der Waals surface area (Å²) in [7, 11) is 0. The molecule has 2 N–H and O–H groups in total. The molecule has 2 rings (SSSR count). The summed E-state index contributed by atoms with van der Waals surface area (Å²) >= 11 is 0. The fourth-order valence-electron chi connectivity index (χ4n) is 1.98. The molecule has 3 nitrogen and oxygen atoms in total. The Morgan fingerprint density at radius 1 is 1.39 bits per heavy atom. The fourth-order valence-corrected chi connectivity index (χ4v) is 1.98. The summed E-state index contributed by atoms with van der Waals surface area (Å²) in [5, 5.41) is 0. The second-order valence-electron chi connectivity index (χ2n) is 4.41. The van der Waals surface area contributed by atoms with Crippen molar-refractivity contribution in [3.8, 4) is 17.6 Å². The van der Waals surface area contributed by atoms with Crippen molar-refractivity contribution in [3.05, 3.63) is 29.3 Å². The molecule has 0 atom stereocenters. The maximum Gasteiger partial charge on any atom is 0.120 e. The van der Waals surface area contributed by atoms with E-state index in [2.05, 4.69) is 11.8 Å². The van der Waals surface area contributed by atoms with Crippen LogP contribution < -0.4 is 10.5 Å². The van der Waals surface area contributed by atoms with Gasteiger partial charge in [0.05, 0.1) is 19.8 Å². The van der Waals surface area contributed by atoms with Gasteiger partial charge < -0.3 is 15.2 Å². The van der Waals surface area contributed by atoms with Crippen molar-refractivity contribution in [2.45, 2.75) is 25.9 Å². The molecule has 1 aromatic rings. The van der Waals surface area contributed by atoms with E-state index in [4.69, 9.17) is 15.2 Å². The average Bonchev–Trinajstić information content (AvgIpc) is 2.39. The Hall–Kier alpha value is -1.50. The molecular formula is C15H19NO2. The normalized spacial score (nSPS) is 15.9. The lowest BCUT2D eigenvalue weighted by atomic mass is 10.1. The lowest BCUT2D eigenvalue weighted by Gasteiger charge is -2.23. The van der Waals surface area contributed by atoms with E-state index < -0.39 is 0 Å². The van der Waals surface area contributed by atoms with Gasteiger partial charge in [-0.25, -0.2) is 0 Å². The molecule has 0 spiro atoms. The van der Waals surface area contributed by atoms with E-state index in [9.17, 15) is 0 Å². The van der Waals surface area contributed by atoms with E-state index in [0.717, 1.165) is 42.9 Å². The number of hydrogen-bond donors (Lipinski definition) is 1. The highest BCUT2D eigenvalue weighted by molar-refractivity contribution is 5.44. The summed E-state index contributed by atoms with van der Waals surface area (Å²) in [5.74, 6) is 6.83. The Labute approximate surface area is 108 Å². The van der Waals surface area contributed by atoms with Crippen LogP contribution in [0.3, 0.4) is 0 Å². The van der Waals surface area contributed by atoms with Crippen molar-refractivity contribution in [3.63, 3.8) is 0 Å². The van der Waals surface area contributed by atoms with E-state index in [0.29, 0.717) is 6.54 Å². The minimum Gasteiger partial charge on any atom is -0.490 e. The molecule has 1 aliphatic rings. The molecule has 1 heterocycles. The number of benzene rings is 1. The smallest absolute Gasteiger partial charge is 0.120 e. The van der Waals surface area contributed by atoms with Crippen LogP contribution in [0.1, 0.15) is 24.0 Å². The van der Waals surface area contributed by atoms with E-state index >= 15 is 0 Å². The Morgan fingerprint density at radius 3 is 2.83 bits per heavy atom. The van der Waals surface area contributed by atoms with Gasteiger partial charge in [0.2, 0.25) is 0 Å². The molecule has 96 valence electrons. The largest absolute Gasteiger partial charge is 0.490 e. The van der Waals surface area contributed by atoms with Gasteiger partial charge in [0.1, 0.15) is 11.9 Å². The average molecular weight is 245 g/mol. The van der Waals surface area contributed by atoms with Gasteiger partial charge in [0.15, 0.2) is 0 Å². The summed E-state index contributed by atoms with van der Waals surface area (Å²) in [6.07, 6.45) is 2.21. The van der Waals surface area contributed by atoms with Crippen LogP contribution in [0.15, 0.2) is 18.2 Å². The van der Waals surface area contributed by atoms with Gasteiger partial charge in [0.25, 0.3) is 0 Å². The lowest BCUT2D eigenvalue weighted by Crippen LogP contribution is -2.25. The molecule has 1 aromatic carbocycles. The third-order valence-corrected chi connectivity index (χ3v) is 2.99. The second-order valence-corrected chi connectivity index (χ2v) is 4.41. The molecule has 0 radical (unpaired) electrons. The minimum atomic E-state index is 0.277. The topological polar surface area (TPSA) is 44.5 Å². The van der Waals surface area contributed by atoms with E-state index in [1.54, 1.807) is 0 Å². The van der Waals surface area contributed by atoms with Crippen molar-refractivity contribution in [2.24, 2.45) is 5.73 Å². The van der Waals surface area contributed by atoms with Crippen molar-refractivity contribution in [2.75, 3.05) is 19.8 Å². The molecule has 0 aromatic heterocycles. The highest BCUT2D eigenvalue weighted by Gasteiger charge is 2.15. The summed E-state index contributed by atoms with van der Waals surface area (Å²) in [6.45, 7) is 4.02. The van der Waals surface area contributed by atoms with Crippen LogP contribution in [-0.2, 0) is 4.74 Å². The van der Waals surface area contributed by atoms with Crippen LogP contribution in [-0.4, -0.2) is 25.9 Å². The lowest BCUT2D eigenvalue weighted by molar-refractivity contribution is 0.0255. The first-order valence-corrected chi connectivity index (χ1v) is 6.33. The molecule has 0 unspecified atom stereocenters. The van der Waals surface area contributed by atoms with Crippen molar-refractivity contribution >= 4 is 0 Å². The zero-order valence-electron chi connectivity index (χ0n) is 10.7. The van der Waals surface area contributed by atoms with E-state index in [1.807, 2.05) is 25.1 Å². The Balaban J connectivity index is 2.03. The number of ether oxygens (including phenoxy) is 2. The highest BCUT2D eigenvalue weighted by Crippen LogP contribution is 2.21. The Bertz CT molecular complexity index is 453. The van der Waals surface area contributed by atoms with Gasteiger partial charge in [-0.1, -0.05) is 11.8 Å². The SMILES string of the molecule is Cc1cc(OC2CCOCC2)ccc1C#CCN. The first kappa shape index (κ1) is 12.9. The maximum absolute atomic E-state index is 5.94. The summed E-state index contributed by atoms with van der Waals surface area (Å²) in [6, 6.07) is 6.01. The van der Waals surface area contributed by atoms with Gasteiger partial charge >= 0.3 is 0 Å². The zero-order valence-corrected chi connectivity index (χ0v) is 10.7. The highest BCUT2D eigenvalue weighted by atomic mass is 16.5. The van der Waals surface area contributed by atoms with Gasteiger partial charge in [-0.3, -0.25) is 0 Å². The van der Waals surface area contributed by atoms with Crippen LogP contribution in [0.5, 0.6) is 5.75 Å². The van der Waals surface area contributed by atoms with Gasteiger partial charge in [-0.05, 0) is 30.7 Å². The van der Waals surface area contributed by atoms with Crippen LogP contribution >= 0.6 is 0 Å². The zero-order chi connectivity index (χ0) is 12.8. The monoisotopic (exact) mass is 245 g/mol. The quantitative estimate of drug-likeness (QED) is 0.809. The molecular weight excluding hydrogens is 226 g/mol. The molecule has 0 aliphatic carbocycles. The Morgan fingerprint density at radius 2 is 2.17 bits per heavy atom. The molecule has 0 bridgehead atoms. The van der Waals surface area contributed by atoms with Crippen LogP contribution in [0.4, 0.5) is 0 Å². The van der Waals surface area contributed by atoms with Gasteiger partial charge in [0, 0.05) is 18.4 Å². The molecule has 1 fully saturated rings. The van der Waals surface area contributed by atoms with Gasteiger partial charge in [-0.15, -0.1) is 0 Å². The predicted molar refractivity (Wildman–Crippen MR) is 71.6 cm³/mol. The second kappa shape index (κ2) is 6.44. The summed E-state index contributed by atoms with van der Waals surface area (Å²) in [5.41, 5.74) is 7.51. The molecule has 3 heteroatoms. The van der Waals surface area contributed by atoms with Crippen LogP contribution in [0.2, 0.25) is 0 Å². The third kappa shape index (κ3) is 3.49. The minimum absolute atomic E-state index is 0.277. The molecule has 18 heavy (non-hydrogen) atoms. The number of hydrogen-bond acceptors (Lipinski definition) is 3. The Kier molecular flexibility index (Phi) is 4.63. The van der Waals surface area contributed by atoms with E-state index in [1.165, 1.54) is 0 Å². The number of nitrogens with two attached hydrogens (primary N) is 1. The van der Waals surface area contributed by atoms with Crippen molar-refractivity contribution in [1.29, 1.82) is 0 Å². The van der Waals surface area contributed by atoms with Crippen molar-refractivity contribution in [1.82, 2.24) is 0 Å². The van der Waals surface area contributed by atoms with Crippen molar-refractivity contribution < 1.29 is 9.47 Å². The van der Waals surface area contributed by atoms with Gasteiger partial charge in [-0.2, -0.15) is 0 Å².